The van der Waals surface area contributed by atoms with E-state index in [9.17, 15) is 4.21 Å². The van der Waals surface area contributed by atoms with E-state index in [1.54, 1.807) is 0 Å². The molecule has 2 rings (SSSR count). The van der Waals surface area contributed by atoms with Crippen molar-refractivity contribution in [2.75, 3.05) is 6.54 Å². The fourth-order valence-corrected chi connectivity index (χ4v) is 3.07. The van der Waals surface area contributed by atoms with Gasteiger partial charge in [-0.05, 0) is 38.5 Å². The molecule has 0 N–H and O–H groups in total. The molecule has 0 bridgehead atoms. The number of rotatable bonds is 2. The smallest absolute Gasteiger partial charge is 0.100 e. The number of hydrogen-bond donors (Lipinski definition) is 0. The lowest BCUT2D eigenvalue weighted by Crippen LogP contribution is -2.27. The van der Waals surface area contributed by atoms with Gasteiger partial charge in [-0.15, -0.1) is 0 Å². The average Bonchev–Trinajstić information content (AvgIpc) is 2.96. The van der Waals surface area contributed by atoms with Gasteiger partial charge in [0.05, 0.1) is 10.8 Å². The van der Waals surface area contributed by atoms with Crippen LogP contribution in [0.1, 0.15) is 32.4 Å². The Balaban J connectivity index is 2.07. The first kappa shape index (κ1) is 12.1. The van der Waals surface area contributed by atoms with Crippen LogP contribution in [0.4, 0.5) is 0 Å². The SMILES string of the molecule is CC(C)(C)S(=O)N1C[C@H]1c1ccc(Cl)cc1. The Morgan fingerprint density at radius 2 is 1.88 bits per heavy atom. The Kier molecular flexibility index (Phi) is 3.12. The van der Waals surface area contributed by atoms with Crippen LogP contribution in [-0.2, 0) is 11.0 Å². The van der Waals surface area contributed by atoms with Gasteiger partial charge < -0.3 is 0 Å². The van der Waals surface area contributed by atoms with Crippen LogP contribution >= 0.6 is 11.6 Å². The molecule has 1 aliphatic heterocycles. The van der Waals surface area contributed by atoms with E-state index in [-0.39, 0.29) is 4.75 Å². The van der Waals surface area contributed by atoms with Gasteiger partial charge >= 0.3 is 0 Å². The van der Waals surface area contributed by atoms with Crippen LogP contribution in [-0.4, -0.2) is 19.8 Å². The zero-order chi connectivity index (χ0) is 11.9. The highest BCUT2D eigenvalue weighted by Gasteiger charge is 2.43. The Morgan fingerprint density at radius 1 is 1.31 bits per heavy atom. The molecule has 0 radical (unpaired) electrons. The van der Waals surface area contributed by atoms with E-state index in [4.69, 9.17) is 11.6 Å². The van der Waals surface area contributed by atoms with Crippen LogP contribution < -0.4 is 0 Å². The molecule has 88 valence electrons. The minimum absolute atomic E-state index is 0.179. The summed E-state index contributed by atoms with van der Waals surface area (Å²) in [6, 6.07) is 8.08. The third kappa shape index (κ3) is 2.47. The van der Waals surface area contributed by atoms with Crippen LogP contribution in [0, 0.1) is 0 Å². The Bertz CT molecular complexity index is 410. The summed E-state index contributed by atoms with van der Waals surface area (Å²) in [6.45, 7) is 6.88. The second kappa shape index (κ2) is 4.13. The van der Waals surface area contributed by atoms with Crippen LogP contribution in [0.2, 0.25) is 5.02 Å². The molecule has 16 heavy (non-hydrogen) atoms. The molecule has 1 aromatic rings. The Morgan fingerprint density at radius 3 is 2.38 bits per heavy atom. The van der Waals surface area contributed by atoms with Crippen molar-refractivity contribution in [3.8, 4) is 0 Å². The Hall–Kier alpha value is -0.380. The highest BCUT2D eigenvalue weighted by molar-refractivity contribution is 7.84. The molecule has 0 saturated carbocycles. The second-order valence-corrected chi connectivity index (χ2v) is 7.66. The molecule has 2 nitrogen and oxygen atoms in total. The summed E-state index contributed by atoms with van der Waals surface area (Å²) < 4.78 is 13.9. The molecule has 3 atom stereocenters. The molecule has 1 aliphatic rings. The summed E-state index contributed by atoms with van der Waals surface area (Å²) in [5.74, 6) is 0. The van der Waals surface area contributed by atoms with E-state index in [1.165, 1.54) is 5.56 Å². The van der Waals surface area contributed by atoms with Crippen molar-refractivity contribution >= 4 is 22.6 Å². The standard InChI is InChI=1S/C12H16ClNOS/c1-12(2,3)16(15)14-8-11(14)9-4-6-10(13)7-5-9/h4-7,11H,8H2,1-3H3/t11-,14?,16?/m0/s1. The molecular weight excluding hydrogens is 242 g/mol. The summed E-state index contributed by atoms with van der Waals surface area (Å²) in [6.07, 6.45) is 0. The normalized spacial score (nSPS) is 26.5. The van der Waals surface area contributed by atoms with Crippen molar-refractivity contribution in [2.45, 2.75) is 31.6 Å². The predicted molar refractivity (Wildman–Crippen MR) is 68.8 cm³/mol. The van der Waals surface area contributed by atoms with Gasteiger partial charge in [0.2, 0.25) is 0 Å². The van der Waals surface area contributed by atoms with Crippen molar-refractivity contribution in [3.05, 3.63) is 34.9 Å². The van der Waals surface area contributed by atoms with E-state index in [0.29, 0.717) is 6.04 Å². The van der Waals surface area contributed by atoms with Gasteiger partial charge in [0.1, 0.15) is 11.0 Å². The number of hydrogen-bond acceptors (Lipinski definition) is 1. The summed E-state index contributed by atoms with van der Waals surface area (Å²) >= 11 is 5.83. The lowest BCUT2D eigenvalue weighted by Gasteiger charge is -2.18. The van der Waals surface area contributed by atoms with Gasteiger partial charge in [-0.2, -0.15) is 0 Å². The highest BCUT2D eigenvalue weighted by Crippen LogP contribution is 2.39. The first-order valence-electron chi connectivity index (χ1n) is 5.34. The third-order valence-electron chi connectivity index (χ3n) is 2.56. The van der Waals surface area contributed by atoms with Gasteiger partial charge in [0.15, 0.2) is 0 Å². The van der Waals surface area contributed by atoms with E-state index < -0.39 is 11.0 Å². The van der Waals surface area contributed by atoms with Crippen LogP contribution in [0.15, 0.2) is 24.3 Å². The number of benzene rings is 1. The predicted octanol–water partition coefficient (Wildman–Crippen LogP) is 3.16. The molecule has 1 fully saturated rings. The van der Waals surface area contributed by atoms with Gasteiger partial charge in [0.25, 0.3) is 0 Å². The van der Waals surface area contributed by atoms with Gasteiger partial charge in [-0.25, -0.2) is 8.51 Å². The first-order valence-corrected chi connectivity index (χ1v) is 6.82. The van der Waals surface area contributed by atoms with Crippen molar-refractivity contribution in [1.82, 2.24) is 4.31 Å². The molecule has 2 unspecified atom stereocenters. The summed E-state index contributed by atoms with van der Waals surface area (Å²) in [4.78, 5) is 0. The maximum atomic E-state index is 12.1. The average molecular weight is 258 g/mol. The van der Waals surface area contributed by atoms with Crippen LogP contribution in [0.5, 0.6) is 0 Å². The second-order valence-electron chi connectivity index (χ2n) is 5.03. The molecule has 0 amide bonds. The van der Waals surface area contributed by atoms with E-state index in [0.717, 1.165) is 11.6 Å². The van der Waals surface area contributed by atoms with Crippen LogP contribution in [0.3, 0.4) is 0 Å². The van der Waals surface area contributed by atoms with Gasteiger partial charge in [-0.1, -0.05) is 23.7 Å². The Labute approximate surface area is 104 Å². The van der Waals surface area contributed by atoms with Crippen molar-refractivity contribution in [1.29, 1.82) is 0 Å². The molecule has 1 aromatic carbocycles. The summed E-state index contributed by atoms with van der Waals surface area (Å²) in [5.41, 5.74) is 1.20. The van der Waals surface area contributed by atoms with Gasteiger partial charge in [0, 0.05) is 11.6 Å². The first-order chi connectivity index (χ1) is 7.39. The number of nitrogens with zero attached hydrogens (tertiary/aromatic N) is 1. The topological polar surface area (TPSA) is 20.1 Å². The van der Waals surface area contributed by atoms with Crippen molar-refractivity contribution in [2.24, 2.45) is 0 Å². The summed E-state index contributed by atoms with van der Waals surface area (Å²) in [7, 11) is -0.913. The van der Waals surface area contributed by atoms with Gasteiger partial charge in [-0.3, -0.25) is 0 Å². The fourth-order valence-electron chi connectivity index (χ4n) is 1.61. The van der Waals surface area contributed by atoms with Crippen molar-refractivity contribution in [3.63, 3.8) is 0 Å². The minimum Gasteiger partial charge on any atom is -0.242 e. The maximum Gasteiger partial charge on any atom is 0.100 e. The zero-order valence-corrected chi connectivity index (χ0v) is 11.3. The van der Waals surface area contributed by atoms with E-state index in [2.05, 4.69) is 0 Å². The lowest BCUT2D eigenvalue weighted by molar-refractivity contribution is 0.607. The molecule has 0 spiro atoms. The van der Waals surface area contributed by atoms with E-state index >= 15 is 0 Å². The quantitative estimate of drug-likeness (QED) is 0.746. The number of halogens is 1. The molecule has 1 saturated heterocycles. The van der Waals surface area contributed by atoms with Crippen LogP contribution in [0.25, 0.3) is 0 Å². The van der Waals surface area contributed by atoms with E-state index in [1.807, 2.05) is 49.3 Å². The minimum atomic E-state index is -0.913. The molecule has 0 aliphatic carbocycles. The maximum absolute atomic E-state index is 12.1. The highest BCUT2D eigenvalue weighted by atomic mass is 35.5. The summed E-state index contributed by atoms with van der Waals surface area (Å²) in [5, 5.41) is 0.743. The zero-order valence-electron chi connectivity index (χ0n) is 9.74. The monoisotopic (exact) mass is 257 g/mol. The largest absolute Gasteiger partial charge is 0.242 e. The lowest BCUT2D eigenvalue weighted by atomic mass is 10.2. The third-order valence-corrected chi connectivity index (χ3v) is 4.69. The molecular formula is C12H16ClNOS. The van der Waals surface area contributed by atoms with Crippen molar-refractivity contribution < 1.29 is 4.21 Å². The molecule has 4 heteroatoms. The molecule has 1 heterocycles. The fraction of sp³-hybridized carbons (Fsp3) is 0.500. The molecule has 0 aromatic heterocycles.